The number of carbonyl (C=O) groups is 3. The fraction of sp³-hybridized carbons (Fsp3) is 0.250. The number of hydrogen-bond acceptors (Lipinski definition) is 4. The molecule has 7 nitrogen and oxygen atoms in total. The fourth-order valence-corrected chi connectivity index (χ4v) is 2.64. The summed E-state index contributed by atoms with van der Waals surface area (Å²) in [6.07, 6.45) is -1.94. The van der Waals surface area contributed by atoms with E-state index in [4.69, 9.17) is 5.11 Å². The number of rotatable bonds is 9. The first-order chi connectivity index (χ1) is 13.4. The van der Waals surface area contributed by atoms with Gasteiger partial charge in [-0.2, -0.15) is 0 Å². The van der Waals surface area contributed by atoms with Crippen LogP contribution >= 0.6 is 0 Å². The number of carboxylic acids is 1. The van der Waals surface area contributed by atoms with Crippen molar-refractivity contribution >= 4 is 17.8 Å². The number of halogens is 1. The number of nitrogens with zero attached hydrogens (tertiary/aromatic N) is 1. The van der Waals surface area contributed by atoms with Crippen molar-refractivity contribution in [2.45, 2.75) is 12.6 Å². The summed E-state index contributed by atoms with van der Waals surface area (Å²) in [5.74, 6) is -4.04. The molecule has 0 bridgehead atoms. The van der Waals surface area contributed by atoms with Gasteiger partial charge in [-0.05, 0) is 17.5 Å². The van der Waals surface area contributed by atoms with Gasteiger partial charge in [-0.1, -0.05) is 60.7 Å². The Morgan fingerprint density at radius 1 is 1.00 bits per heavy atom. The number of amides is 2. The molecule has 0 heterocycles. The van der Waals surface area contributed by atoms with Gasteiger partial charge in [-0.15, -0.1) is 0 Å². The summed E-state index contributed by atoms with van der Waals surface area (Å²) in [5, 5.41) is 21.2. The molecule has 0 saturated carbocycles. The molecule has 0 radical (unpaired) electrons. The molecule has 0 aliphatic heterocycles. The molecule has 28 heavy (non-hydrogen) atoms. The Morgan fingerprint density at radius 3 is 2.14 bits per heavy atom. The van der Waals surface area contributed by atoms with Gasteiger partial charge in [-0.3, -0.25) is 19.6 Å². The average Bonchev–Trinajstić information content (AvgIpc) is 2.71. The molecule has 2 aromatic carbocycles. The molecule has 2 atom stereocenters. The van der Waals surface area contributed by atoms with Crippen LogP contribution < -0.4 is 5.32 Å². The quantitative estimate of drug-likeness (QED) is 0.450. The van der Waals surface area contributed by atoms with Gasteiger partial charge in [0, 0.05) is 0 Å². The Bertz CT molecular complexity index is 801. The predicted molar refractivity (Wildman–Crippen MR) is 98.1 cm³/mol. The lowest BCUT2D eigenvalue weighted by molar-refractivity contribution is -0.175. The number of hydrogen-bond donors (Lipinski definition) is 3. The summed E-state index contributed by atoms with van der Waals surface area (Å²) in [4.78, 5) is 35.2. The lowest BCUT2D eigenvalue weighted by Gasteiger charge is -2.23. The predicted octanol–water partition coefficient (Wildman–Crippen LogP) is 1.97. The van der Waals surface area contributed by atoms with Gasteiger partial charge in [0.15, 0.2) is 0 Å². The second-order valence-electron chi connectivity index (χ2n) is 6.19. The Kier molecular flexibility index (Phi) is 7.65. The van der Waals surface area contributed by atoms with Gasteiger partial charge in [0.2, 0.25) is 12.1 Å². The number of aliphatic carboxylic acids is 1. The summed E-state index contributed by atoms with van der Waals surface area (Å²) in [5.41, 5.74) is 0.833. The summed E-state index contributed by atoms with van der Waals surface area (Å²) < 4.78 is 14.4. The zero-order valence-corrected chi connectivity index (χ0v) is 15.0. The second kappa shape index (κ2) is 10.2. The van der Waals surface area contributed by atoms with Crippen LogP contribution in [0.3, 0.4) is 0 Å². The maximum atomic E-state index is 14.4. The number of hydroxylamine groups is 2. The van der Waals surface area contributed by atoms with E-state index in [1.165, 1.54) is 12.1 Å². The number of carboxylic acid groups (broad SMARTS) is 1. The van der Waals surface area contributed by atoms with Crippen molar-refractivity contribution in [2.75, 3.05) is 13.1 Å². The third-order valence-corrected chi connectivity index (χ3v) is 4.07. The van der Waals surface area contributed by atoms with Crippen LogP contribution in [-0.2, 0) is 20.8 Å². The van der Waals surface area contributed by atoms with Crippen LogP contribution in [0.4, 0.5) is 4.39 Å². The third kappa shape index (κ3) is 6.17. The van der Waals surface area contributed by atoms with E-state index in [0.717, 1.165) is 5.56 Å². The molecular formula is C20H21FN2O5. The number of benzene rings is 2. The van der Waals surface area contributed by atoms with E-state index in [1.54, 1.807) is 48.5 Å². The van der Waals surface area contributed by atoms with E-state index < -0.39 is 43.0 Å². The van der Waals surface area contributed by atoms with Gasteiger partial charge < -0.3 is 10.4 Å². The first-order valence-electron chi connectivity index (χ1n) is 8.61. The summed E-state index contributed by atoms with van der Waals surface area (Å²) >= 11 is 0. The largest absolute Gasteiger partial charge is 0.480 e. The van der Waals surface area contributed by atoms with E-state index in [1.807, 2.05) is 0 Å². The summed E-state index contributed by atoms with van der Waals surface area (Å²) in [6.45, 7) is -1.08. The molecular weight excluding hydrogens is 367 g/mol. The molecule has 2 aromatic rings. The minimum absolute atomic E-state index is 0.0847. The second-order valence-corrected chi connectivity index (χ2v) is 6.19. The number of alkyl halides is 1. The molecule has 8 heteroatoms. The van der Waals surface area contributed by atoms with Crippen LogP contribution in [-0.4, -0.2) is 46.3 Å². The minimum atomic E-state index is -2.08. The average molecular weight is 388 g/mol. The highest BCUT2D eigenvalue weighted by molar-refractivity contribution is 5.85. The van der Waals surface area contributed by atoms with Crippen LogP contribution in [0.1, 0.15) is 17.3 Å². The van der Waals surface area contributed by atoms with Crippen molar-refractivity contribution in [3.05, 3.63) is 71.8 Å². The SMILES string of the molecule is O=C(O)CNC(=O)C(Cc1ccccc1)CN(O)C(=O)C(F)c1ccccc1. The molecule has 0 aliphatic carbocycles. The van der Waals surface area contributed by atoms with Crippen LogP contribution in [0.25, 0.3) is 0 Å². The Morgan fingerprint density at radius 2 is 1.57 bits per heavy atom. The van der Waals surface area contributed by atoms with Gasteiger partial charge in [0.05, 0.1) is 12.5 Å². The first kappa shape index (κ1) is 21.0. The zero-order valence-electron chi connectivity index (χ0n) is 15.0. The molecule has 2 rings (SSSR count). The van der Waals surface area contributed by atoms with Crippen LogP contribution in [0, 0.1) is 5.92 Å². The highest BCUT2D eigenvalue weighted by Gasteiger charge is 2.29. The highest BCUT2D eigenvalue weighted by atomic mass is 19.1. The molecule has 0 fully saturated rings. The normalized spacial score (nSPS) is 12.6. The van der Waals surface area contributed by atoms with Crippen molar-refractivity contribution in [1.29, 1.82) is 0 Å². The summed E-state index contributed by atoms with van der Waals surface area (Å²) in [7, 11) is 0. The minimum Gasteiger partial charge on any atom is -0.480 e. The molecule has 148 valence electrons. The van der Waals surface area contributed by atoms with Gasteiger partial charge in [-0.25, -0.2) is 9.45 Å². The Balaban J connectivity index is 2.09. The highest BCUT2D eigenvalue weighted by Crippen LogP contribution is 2.20. The number of nitrogens with one attached hydrogen (secondary N) is 1. The molecule has 0 aliphatic rings. The molecule has 3 N–H and O–H groups in total. The lowest BCUT2D eigenvalue weighted by Crippen LogP contribution is -2.43. The van der Waals surface area contributed by atoms with Crippen molar-refractivity contribution < 1.29 is 29.1 Å². The van der Waals surface area contributed by atoms with E-state index in [0.29, 0.717) is 0 Å². The van der Waals surface area contributed by atoms with E-state index >= 15 is 0 Å². The number of carbonyl (C=O) groups excluding carboxylic acids is 2. The van der Waals surface area contributed by atoms with Gasteiger partial charge in [0.25, 0.3) is 5.91 Å². The topological polar surface area (TPSA) is 107 Å². The lowest BCUT2D eigenvalue weighted by atomic mass is 9.98. The Labute approximate surface area is 161 Å². The van der Waals surface area contributed by atoms with Crippen molar-refractivity contribution in [1.82, 2.24) is 10.4 Å². The molecule has 2 amide bonds. The summed E-state index contributed by atoms with van der Waals surface area (Å²) in [6, 6.07) is 16.4. The van der Waals surface area contributed by atoms with Crippen molar-refractivity contribution in [3.63, 3.8) is 0 Å². The van der Waals surface area contributed by atoms with E-state index in [-0.39, 0.29) is 17.0 Å². The van der Waals surface area contributed by atoms with E-state index in [9.17, 15) is 24.0 Å². The molecule has 0 saturated heterocycles. The first-order valence-corrected chi connectivity index (χ1v) is 8.61. The zero-order chi connectivity index (χ0) is 20.5. The van der Waals surface area contributed by atoms with Crippen molar-refractivity contribution in [3.8, 4) is 0 Å². The standard InChI is InChI=1S/C20H21FN2O5/c21-18(15-9-5-2-6-10-15)20(27)23(28)13-16(19(26)22-12-17(24)25)11-14-7-3-1-4-8-14/h1-10,16,18,28H,11-13H2,(H,22,26)(H,24,25). The maximum absolute atomic E-state index is 14.4. The monoisotopic (exact) mass is 388 g/mol. The molecule has 0 aromatic heterocycles. The van der Waals surface area contributed by atoms with Crippen LogP contribution in [0.2, 0.25) is 0 Å². The fourth-order valence-electron chi connectivity index (χ4n) is 2.64. The van der Waals surface area contributed by atoms with Crippen molar-refractivity contribution in [2.24, 2.45) is 5.92 Å². The third-order valence-electron chi connectivity index (χ3n) is 4.07. The maximum Gasteiger partial charge on any atom is 0.322 e. The Hall–Kier alpha value is -3.26. The van der Waals surface area contributed by atoms with Crippen LogP contribution in [0.5, 0.6) is 0 Å². The van der Waals surface area contributed by atoms with Crippen LogP contribution in [0.15, 0.2) is 60.7 Å². The van der Waals surface area contributed by atoms with Gasteiger partial charge >= 0.3 is 5.97 Å². The molecule has 0 spiro atoms. The van der Waals surface area contributed by atoms with Gasteiger partial charge in [0.1, 0.15) is 6.54 Å². The molecule has 2 unspecified atom stereocenters. The van der Waals surface area contributed by atoms with E-state index in [2.05, 4.69) is 5.32 Å². The smallest absolute Gasteiger partial charge is 0.322 e.